The van der Waals surface area contributed by atoms with Crippen molar-refractivity contribution < 1.29 is 24.2 Å². The van der Waals surface area contributed by atoms with Crippen molar-refractivity contribution in [2.45, 2.75) is 25.7 Å². The molecule has 152 valence electrons. The lowest BCUT2D eigenvalue weighted by atomic mass is 9.80. The van der Waals surface area contributed by atoms with Crippen LogP contribution in [0.25, 0.3) is 0 Å². The fraction of sp³-hybridized carbons (Fsp3) is 0.200. The van der Waals surface area contributed by atoms with Crippen LogP contribution in [0.4, 0.5) is 0 Å². The van der Waals surface area contributed by atoms with Gasteiger partial charge >= 0.3 is 5.97 Å². The lowest BCUT2D eigenvalue weighted by Crippen LogP contribution is -2.33. The van der Waals surface area contributed by atoms with E-state index in [9.17, 15) is 14.7 Å². The molecular weight excluding hydrogens is 380 g/mol. The number of fused-ring (bicyclic) bond motifs is 1. The van der Waals surface area contributed by atoms with Crippen molar-refractivity contribution in [1.29, 1.82) is 0 Å². The van der Waals surface area contributed by atoms with Gasteiger partial charge in [-0.05, 0) is 29.2 Å². The number of rotatable bonds is 6. The van der Waals surface area contributed by atoms with Crippen LogP contribution in [0.5, 0.6) is 5.75 Å². The molecule has 5 heteroatoms. The molecule has 0 amide bonds. The van der Waals surface area contributed by atoms with Gasteiger partial charge in [0.1, 0.15) is 24.9 Å². The van der Waals surface area contributed by atoms with Crippen LogP contribution in [-0.2, 0) is 22.7 Å². The molecule has 2 atom stereocenters. The summed E-state index contributed by atoms with van der Waals surface area (Å²) in [6, 6.07) is 24.0. The van der Waals surface area contributed by atoms with Crippen molar-refractivity contribution in [2.24, 2.45) is 5.92 Å². The van der Waals surface area contributed by atoms with Gasteiger partial charge < -0.3 is 14.6 Å². The van der Waals surface area contributed by atoms with E-state index in [0.29, 0.717) is 11.3 Å². The van der Waals surface area contributed by atoms with Crippen molar-refractivity contribution in [3.8, 4) is 5.75 Å². The van der Waals surface area contributed by atoms with Crippen molar-refractivity contribution in [2.75, 3.05) is 0 Å². The second kappa shape index (κ2) is 8.93. The third-order valence-electron chi connectivity index (χ3n) is 5.18. The standard InChI is InChI=1S/C25H22O5/c26-21-14-20(25(28)30-16-18-10-5-2-6-11-18)24(27)23-19(21)12-7-13-22(23)29-15-17-8-3-1-4-9-17/h1-13,20-21,26H,14-16H2/t20?,21-/m1/s1. The summed E-state index contributed by atoms with van der Waals surface area (Å²) in [5, 5.41) is 10.6. The number of aliphatic hydroxyl groups is 1. The van der Waals surface area contributed by atoms with Gasteiger partial charge in [0.25, 0.3) is 0 Å². The molecule has 0 heterocycles. The smallest absolute Gasteiger partial charge is 0.317 e. The van der Waals surface area contributed by atoms with Crippen molar-refractivity contribution in [1.82, 2.24) is 0 Å². The molecule has 0 bridgehead atoms. The number of ether oxygens (including phenoxy) is 2. The van der Waals surface area contributed by atoms with E-state index in [1.54, 1.807) is 18.2 Å². The first-order valence-electron chi connectivity index (χ1n) is 9.86. The fourth-order valence-corrected chi connectivity index (χ4v) is 3.61. The predicted molar refractivity (Wildman–Crippen MR) is 111 cm³/mol. The van der Waals surface area contributed by atoms with Crippen LogP contribution in [0, 0.1) is 5.92 Å². The molecule has 1 aliphatic rings. The van der Waals surface area contributed by atoms with Gasteiger partial charge in [-0.2, -0.15) is 0 Å². The molecule has 4 rings (SSSR count). The summed E-state index contributed by atoms with van der Waals surface area (Å²) in [5.74, 6) is -1.71. The van der Waals surface area contributed by atoms with E-state index in [-0.39, 0.29) is 31.0 Å². The summed E-state index contributed by atoms with van der Waals surface area (Å²) < 4.78 is 11.2. The molecule has 3 aromatic rings. The van der Waals surface area contributed by atoms with Gasteiger partial charge in [0, 0.05) is 0 Å². The number of ketones is 1. The highest BCUT2D eigenvalue weighted by Gasteiger charge is 2.40. The van der Waals surface area contributed by atoms with Crippen molar-refractivity contribution in [3.63, 3.8) is 0 Å². The first-order chi connectivity index (χ1) is 14.6. The maximum Gasteiger partial charge on any atom is 0.317 e. The lowest BCUT2D eigenvalue weighted by Gasteiger charge is -2.27. The zero-order valence-corrected chi connectivity index (χ0v) is 16.4. The third kappa shape index (κ3) is 4.26. The summed E-state index contributed by atoms with van der Waals surface area (Å²) >= 11 is 0. The van der Waals surface area contributed by atoms with Crippen LogP contribution >= 0.6 is 0 Å². The van der Waals surface area contributed by atoms with Crippen molar-refractivity contribution in [3.05, 3.63) is 101 Å². The third-order valence-corrected chi connectivity index (χ3v) is 5.18. The Morgan fingerprint density at radius 1 is 0.867 bits per heavy atom. The van der Waals surface area contributed by atoms with Crippen molar-refractivity contribution >= 4 is 11.8 Å². The van der Waals surface area contributed by atoms with E-state index in [1.165, 1.54) is 0 Å². The molecule has 0 fully saturated rings. The summed E-state index contributed by atoms with van der Waals surface area (Å²) in [4.78, 5) is 25.8. The van der Waals surface area contributed by atoms with Crippen LogP contribution in [-0.4, -0.2) is 16.9 Å². The summed E-state index contributed by atoms with van der Waals surface area (Å²) in [7, 11) is 0. The molecule has 0 saturated carbocycles. The SMILES string of the molecule is O=C(OCc1ccccc1)C1C[C@@H](O)c2cccc(OCc3ccccc3)c2C1=O. The average molecular weight is 402 g/mol. The van der Waals surface area contributed by atoms with Crippen LogP contribution < -0.4 is 4.74 Å². The summed E-state index contributed by atoms with van der Waals surface area (Å²) in [6.45, 7) is 0.363. The first kappa shape index (κ1) is 19.9. The predicted octanol–water partition coefficient (Wildman–Crippen LogP) is 4.25. The number of hydrogen-bond donors (Lipinski definition) is 1. The zero-order valence-electron chi connectivity index (χ0n) is 16.4. The molecule has 0 radical (unpaired) electrons. The minimum Gasteiger partial charge on any atom is -0.488 e. The van der Waals surface area contributed by atoms with E-state index < -0.39 is 18.0 Å². The van der Waals surface area contributed by atoms with E-state index in [4.69, 9.17) is 9.47 Å². The van der Waals surface area contributed by atoms with E-state index in [0.717, 1.165) is 11.1 Å². The fourth-order valence-electron chi connectivity index (χ4n) is 3.61. The van der Waals surface area contributed by atoms with Gasteiger partial charge in [-0.15, -0.1) is 0 Å². The maximum absolute atomic E-state index is 13.2. The number of carbonyl (C=O) groups is 2. The Morgan fingerprint density at radius 2 is 1.50 bits per heavy atom. The van der Waals surface area contributed by atoms with Gasteiger partial charge in [-0.3, -0.25) is 9.59 Å². The van der Waals surface area contributed by atoms with E-state index in [2.05, 4.69) is 0 Å². The monoisotopic (exact) mass is 402 g/mol. The average Bonchev–Trinajstić information content (AvgIpc) is 2.79. The molecule has 5 nitrogen and oxygen atoms in total. The molecule has 1 aliphatic carbocycles. The number of esters is 1. The summed E-state index contributed by atoms with van der Waals surface area (Å²) in [6.07, 6.45) is -0.936. The number of benzene rings is 3. The second-order valence-electron chi connectivity index (χ2n) is 7.26. The Balaban J connectivity index is 1.52. The largest absolute Gasteiger partial charge is 0.488 e. The van der Waals surface area contributed by atoms with Crippen LogP contribution in [0.3, 0.4) is 0 Å². The topological polar surface area (TPSA) is 72.8 Å². The Morgan fingerprint density at radius 3 is 2.17 bits per heavy atom. The minimum atomic E-state index is -1.06. The quantitative estimate of drug-likeness (QED) is 0.493. The van der Waals surface area contributed by atoms with Gasteiger partial charge in [0.15, 0.2) is 5.78 Å². The number of hydrogen-bond acceptors (Lipinski definition) is 5. The Hall–Kier alpha value is -3.44. The highest BCUT2D eigenvalue weighted by atomic mass is 16.5. The molecule has 3 aromatic carbocycles. The highest BCUT2D eigenvalue weighted by molar-refractivity contribution is 6.12. The molecule has 0 saturated heterocycles. The molecule has 1 unspecified atom stereocenters. The Bertz CT molecular complexity index is 1030. The number of carbonyl (C=O) groups excluding carboxylic acids is 2. The second-order valence-corrected chi connectivity index (χ2v) is 7.26. The van der Waals surface area contributed by atoms with Gasteiger partial charge in [-0.25, -0.2) is 0 Å². The molecule has 0 spiro atoms. The maximum atomic E-state index is 13.2. The van der Waals surface area contributed by atoms with Crippen LogP contribution in [0.15, 0.2) is 78.9 Å². The Kier molecular flexibility index (Phi) is 5.91. The molecular formula is C25H22O5. The molecule has 0 aromatic heterocycles. The van der Waals surface area contributed by atoms with Gasteiger partial charge in [-0.1, -0.05) is 72.8 Å². The van der Waals surface area contributed by atoms with Crippen LogP contribution in [0.1, 0.15) is 39.6 Å². The number of Topliss-reactive ketones (excluding diaryl/α,β-unsaturated/α-hetero) is 1. The molecule has 30 heavy (non-hydrogen) atoms. The molecule has 1 N–H and O–H groups in total. The normalized spacial score (nSPS) is 17.8. The van der Waals surface area contributed by atoms with Gasteiger partial charge in [0.2, 0.25) is 0 Å². The lowest BCUT2D eigenvalue weighted by molar-refractivity contribution is -0.149. The highest BCUT2D eigenvalue weighted by Crippen LogP contribution is 2.38. The first-order valence-corrected chi connectivity index (χ1v) is 9.86. The molecule has 0 aliphatic heterocycles. The Labute approximate surface area is 174 Å². The van der Waals surface area contributed by atoms with Crippen LogP contribution in [0.2, 0.25) is 0 Å². The van der Waals surface area contributed by atoms with E-state index >= 15 is 0 Å². The minimum absolute atomic E-state index is 0.00158. The van der Waals surface area contributed by atoms with E-state index in [1.807, 2.05) is 60.7 Å². The zero-order chi connectivity index (χ0) is 20.9. The van der Waals surface area contributed by atoms with Gasteiger partial charge in [0.05, 0.1) is 11.7 Å². The number of aliphatic hydroxyl groups excluding tert-OH is 1. The summed E-state index contributed by atoms with van der Waals surface area (Å²) in [5.41, 5.74) is 2.53.